The highest BCUT2D eigenvalue weighted by Crippen LogP contribution is 2.12. The molecule has 1 atom stereocenters. The Kier molecular flexibility index (Phi) is 2.84. The lowest BCUT2D eigenvalue weighted by Gasteiger charge is -2.15. The Morgan fingerprint density at radius 1 is 1.64 bits per heavy atom. The van der Waals surface area contributed by atoms with Gasteiger partial charge in [0, 0.05) is 38.9 Å². The second-order valence-electron chi connectivity index (χ2n) is 3.96. The highest BCUT2D eigenvalue weighted by atomic mass is 15.3. The monoisotopic (exact) mass is 194 g/mol. The Balaban J connectivity index is 1.90. The maximum atomic E-state index is 4.17. The predicted molar refractivity (Wildman–Crippen MR) is 55.9 cm³/mol. The summed E-state index contributed by atoms with van der Waals surface area (Å²) in [4.78, 5) is 2.47. The van der Waals surface area contributed by atoms with Gasteiger partial charge in [-0.15, -0.1) is 0 Å². The Morgan fingerprint density at radius 3 is 3.07 bits per heavy atom. The SMILES string of the molecule is CNC1CCN(Cc2ccnn2C)C1. The van der Waals surface area contributed by atoms with Gasteiger partial charge < -0.3 is 5.32 Å². The van der Waals surface area contributed by atoms with E-state index in [2.05, 4.69) is 21.4 Å². The molecule has 78 valence electrons. The minimum atomic E-state index is 0.670. The molecule has 1 unspecified atom stereocenters. The Hall–Kier alpha value is -0.870. The van der Waals surface area contributed by atoms with Crippen molar-refractivity contribution in [3.8, 4) is 0 Å². The van der Waals surface area contributed by atoms with Crippen molar-refractivity contribution in [3.05, 3.63) is 18.0 Å². The molecule has 0 aromatic carbocycles. The minimum absolute atomic E-state index is 0.670. The summed E-state index contributed by atoms with van der Waals surface area (Å²) in [5.41, 5.74) is 1.29. The minimum Gasteiger partial charge on any atom is -0.316 e. The molecule has 1 fully saturated rings. The fourth-order valence-electron chi connectivity index (χ4n) is 2.00. The van der Waals surface area contributed by atoms with Crippen LogP contribution >= 0.6 is 0 Å². The lowest BCUT2D eigenvalue weighted by molar-refractivity contribution is 0.313. The predicted octanol–water partition coefficient (Wildman–Crippen LogP) is 0.214. The van der Waals surface area contributed by atoms with Crippen LogP contribution in [-0.4, -0.2) is 40.9 Å². The van der Waals surface area contributed by atoms with Gasteiger partial charge in [0.05, 0.1) is 5.69 Å². The zero-order chi connectivity index (χ0) is 9.97. The van der Waals surface area contributed by atoms with E-state index in [-0.39, 0.29) is 0 Å². The van der Waals surface area contributed by atoms with E-state index in [1.54, 1.807) is 0 Å². The maximum Gasteiger partial charge on any atom is 0.0521 e. The summed E-state index contributed by atoms with van der Waals surface area (Å²) in [6.07, 6.45) is 3.12. The highest BCUT2D eigenvalue weighted by Gasteiger charge is 2.21. The first-order valence-corrected chi connectivity index (χ1v) is 5.16. The molecule has 4 heteroatoms. The zero-order valence-corrected chi connectivity index (χ0v) is 8.90. The summed E-state index contributed by atoms with van der Waals surface area (Å²) >= 11 is 0. The molecule has 1 aromatic rings. The van der Waals surface area contributed by atoms with Crippen LogP contribution < -0.4 is 5.32 Å². The summed E-state index contributed by atoms with van der Waals surface area (Å²) in [6, 6.07) is 2.76. The van der Waals surface area contributed by atoms with Crippen LogP contribution in [0.5, 0.6) is 0 Å². The van der Waals surface area contributed by atoms with Crippen molar-refractivity contribution in [1.29, 1.82) is 0 Å². The van der Waals surface area contributed by atoms with Gasteiger partial charge in [-0.3, -0.25) is 9.58 Å². The molecule has 1 aliphatic heterocycles. The van der Waals surface area contributed by atoms with Gasteiger partial charge in [-0.25, -0.2) is 0 Å². The average Bonchev–Trinajstić information content (AvgIpc) is 2.77. The number of aromatic nitrogens is 2. The van der Waals surface area contributed by atoms with Gasteiger partial charge in [-0.1, -0.05) is 0 Å². The van der Waals surface area contributed by atoms with Crippen molar-refractivity contribution in [2.45, 2.75) is 19.0 Å². The van der Waals surface area contributed by atoms with Gasteiger partial charge in [0.25, 0.3) is 0 Å². The van der Waals surface area contributed by atoms with E-state index >= 15 is 0 Å². The first kappa shape index (κ1) is 9.68. The van der Waals surface area contributed by atoms with Crippen LogP contribution in [0.2, 0.25) is 0 Å². The number of likely N-dealkylation sites (N-methyl/N-ethyl adjacent to an activating group) is 1. The normalized spacial score (nSPS) is 23.1. The highest BCUT2D eigenvalue weighted by molar-refractivity contribution is 5.00. The van der Waals surface area contributed by atoms with E-state index < -0.39 is 0 Å². The lowest BCUT2D eigenvalue weighted by Crippen LogP contribution is -2.29. The molecule has 0 amide bonds. The third kappa shape index (κ3) is 1.96. The van der Waals surface area contributed by atoms with E-state index in [1.807, 2.05) is 25.0 Å². The molecule has 0 bridgehead atoms. The second-order valence-corrected chi connectivity index (χ2v) is 3.96. The molecule has 1 aromatic heterocycles. The van der Waals surface area contributed by atoms with Crippen LogP contribution in [0.3, 0.4) is 0 Å². The Morgan fingerprint density at radius 2 is 2.50 bits per heavy atom. The third-order valence-corrected chi connectivity index (χ3v) is 2.99. The molecule has 1 saturated heterocycles. The van der Waals surface area contributed by atoms with Crippen LogP contribution in [0.25, 0.3) is 0 Å². The van der Waals surface area contributed by atoms with Crippen molar-refractivity contribution in [2.24, 2.45) is 7.05 Å². The number of nitrogens with one attached hydrogen (secondary N) is 1. The first-order chi connectivity index (χ1) is 6.79. The smallest absolute Gasteiger partial charge is 0.0521 e. The van der Waals surface area contributed by atoms with Crippen molar-refractivity contribution >= 4 is 0 Å². The van der Waals surface area contributed by atoms with E-state index in [4.69, 9.17) is 0 Å². The van der Waals surface area contributed by atoms with Gasteiger partial charge in [0.1, 0.15) is 0 Å². The molecule has 2 rings (SSSR count). The van der Waals surface area contributed by atoms with Crippen molar-refractivity contribution in [1.82, 2.24) is 20.0 Å². The lowest BCUT2D eigenvalue weighted by atomic mass is 10.3. The molecular weight excluding hydrogens is 176 g/mol. The molecule has 0 spiro atoms. The van der Waals surface area contributed by atoms with Crippen LogP contribution in [0.15, 0.2) is 12.3 Å². The summed E-state index contributed by atoms with van der Waals surface area (Å²) in [6.45, 7) is 3.37. The number of likely N-dealkylation sites (tertiary alicyclic amines) is 1. The largest absolute Gasteiger partial charge is 0.316 e. The number of hydrogen-bond acceptors (Lipinski definition) is 3. The molecule has 0 saturated carbocycles. The quantitative estimate of drug-likeness (QED) is 0.747. The molecule has 0 aliphatic carbocycles. The summed E-state index contributed by atoms with van der Waals surface area (Å²) in [7, 11) is 4.04. The van der Waals surface area contributed by atoms with E-state index in [9.17, 15) is 0 Å². The topological polar surface area (TPSA) is 33.1 Å². The number of rotatable bonds is 3. The number of hydrogen-bond donors (Lipinski definition) is 1. The summed E-state index contributed by atoms with van der Waals surface area (Å²) < 4.78 is 1.95. The average molecular weight is 194 g/mol. The van der Waals surface area contributed by atoms with Crippen molar-refractivity contribution in [2.75, 3.05) is 20.1 Å². The maximum absolute atomic E-state index is 4.17. The van der Waals surface area contributed by atoms with Crippen LogP contribution in [0.4, 0.5) is 0 Å². The number of nitrogens with zero attached hydrogens (tertiary/aromatic N) is 3. The van der Waals surface area contributed by atoms with Crippen LogP contribution in [0.1, 0.15) is 12.1 Å². The third-order valence-electron chi connectivity index (χ3n) is 2.99. The molecule has 4 nitrogen and oxygen atoms in total. The van der Waals surface area contributed by atoms with Crippen LogP contribution in [0, 0.1) is 0 Å². The number of aryl methyl sites for hydroxylation is 1. The summed E-state index contributed by atoms with van der Waals surface area (Å²) in [5.74, 6) is 0. The standard InChI is InChI=1S/C10H18N4/c1-11-9-4-6-14(7-9)8-10-3-5-12-13(10)2/h3,5,9,11H,4,6-8H2,1-2H3. The molecule has 1 N–H and O–H groups in total. The Labute approximate surface area is 84.9 Å². The van der Waals surface area contributed by atoms with Crippen LogP contribution in [-0.2, 0) is 13.6 Å². The second kappa shape index (κ2) is 4.11. The first-order valence-electron chi connectivity index (χ1n) is 5.16. The fraction of sp³-hybridized carbons (Fsp3) is 0.700. The van der Waals surface area contributed by atoms with Gasteiger partial charge >= 0.3 is 0 Å². The molecule has 1 aliphatic rings. The van der Waals surface area contributed by atoms with Gasteiger partial charge in [0.15, 0.2) is 0 Å². The van der Waals surface area contributed by atoms with Crippen molar-refractivity contribution in [3.63, 3.8) is 0 Å². The fourth-order valence-corrected chi connectivity index (χ4v) is 2.00. The van der Waals surface area contributed by atoms with Gasteiger partial charge in [0.2, 0.25) is 0 Å². The van der Waals surface area contributed by atoms with Crippen molar-refractivity contribution < 1.29 is 0 Å². The molecule has 0 radical (unpaired) electrons. The molecular formula is C10H18N4. The van der Waals surface area contributed by atoms with E-state index in [0.29, 0.717) is 6.04 Å². The summed E-state index contributed by atoms with van der Waals surface area (Å²) in [5, 5.41) is 7.50. The van der Waals surface area contributed by atoms with Gasteiger partial charge in [-0.2, -0.15) is 5.10 Å². The Bertz CT molecular complexity index is 294. The van der Waals surface area contributed by atoms with Gasteiger partial charge in [-0.05, 0) is 19.5 Å². The molecule has 2 heterocycles. The zero-order valence-electron chi connectivity index (χ0n) is 8.90. The molecule has 14 heavy (non-hydrogen) atoms. The van der Waals surface area contributed by atoms with E-state index in [0.717, 1.165) is 13.1 Å². The van der Waals surface area contributed by atoms with E-state index in [1.165, 1.54) is 18.7 Å².